The van der Waals surface area contributed by atoms with E-state index < -0.39 is 6.10 Å². The first-order valence-electron chi connectivity index (χ1n) is 5.25. The Balaban J connectivity index is 2.12. The van der Waals surface area contributed by atoms with Crippen LogP contribution in [0.2, 0.25) is 0 Å². The molecule has 84 valence electrons. The van der Waals surface area contributed by atoms with Gasteiger partial charge in [-0.1, -0.05) is 30.3 Å². The third-order valence-electron chi connectivity index (χ3n) is 2.33. The molecule has 0 aliphatic carbocycles. The van der Waals surface area contributed by atoms with E-state index in [4.69, 9.17) is 15.6 Å². The molecule has 0 unspecified atom stereocenters. The topological polar surface area (TPSA) is 55.5 Å². The quantitative estimate of drug-likeness (QED) is 0.694. The zero-order valence-electron chi connectivity index (χ0n) is 9.10. The van der Waals surface area contributed by atoms with E-state index in [1.165, 1.54) is 0 Å². The predicted octanol–water partition coefficient (Wildman–Crippen LogP) is 1.30. The number of nitrogens with two attached hydrogens (primary N) is 1. The third kappa shape index (κ3) is 4.93. The van der Waals surface area contributed by atoms with Crippen LogP contribution in [0.1, 0.15) is 18.9 Å². The van der Waals surface area contributed by atoms with Crippen molar-refractivity contribution in [2.45, 2.75) is 32.1 Å². The average Bonchev–Trinajstić information content (AvgIpc) is 2.25. The highest BCUT2D eigenvalue weighted by molar-refractivity contribution is 5.13. The maximum absolute atomic E-state index is 9.16. The fourth-order valence-corrected chi connectivity index (χ4v) is 1.22. The largest absolute Gasteiger partial charge is 0.392 e. The Labute approximate surface area is 90.9 Å². The Bertz CT molecular complexity index is 262. The van der Waals surface area contributed by atoms with Gasteiger partial charge in [-0.15, -0.1) is 0 Å². The Morgan fingerprint density at radius 3 is 2.60 bits per heavy atom. The lowest BCUT2D eigenvalue weighted by Crippen LogP contribution is -2.33. The molecule has 0 saturated carbocycles. The van der Waals surface area contributed by atoms with Crippen molar-refractivity contribution < 1.29 is 9.84 Å². The Hall–Kier alpha value is -0.900. The summed E-state index contributed by atoms with van der Waals surface area (Å²) in [6.07, 6.45) is 0.218. The van der Waals surface area contributed by atoms with Crippen molar-refractivity contribution in [2.75, 3.05) is 6.61 Å². The molecule has 0 spiro atoms. The van der Waals surface area contributed by atoms with E-state index >= 15 is 0 Å². The number of aliphatic hydroxyl groups excluding tert-OH is 1. The van der Waals surface area contributed by atoms with Gasteiger partial charge in [-0.2, -0.15) is 0 Å². The molecule has 0 bridgehead atoms. The Morgan fingerprint density at radius 2 is 2.00 bits per heavy atom. The molecule has 0 heterocycles. The van der Waals surface area contributed by atoms with Gasteiger partial charge >= 0.3 is 0 Å². The first-order valence-corrected chi connectivity index (χ1v) is 5.25. The summed E-state index contributed by atoms with van der Waals surface area (Å²) >= 11 is 0. The maximum Gasteiger partial charge on any atom is 0.0716 e. The van der Waals surface area contributed by atoms with Gasteiger partial charge in [0.15, 0.2) is 0 Å². The van der Waals surface area contributed by atoms with Gasteiger partial charge in [-0.25, -0.2) is 0 Å². The van der Waals surface area contributed by atoms with Gasteiger partial charge in [-0.05, 0) is 18.9 Å². The molecule has 15 heavy (non-hydrogen) atoms. The number of hydrogen-bond acceptors (Lipinski definition) is 3. The van der Waals surface area contributed by atoms with E-state index in [2.05, 4.69) is 0 Å². The monoisotopic (exact) mass is 209 g/mol. The maximum atomic E-state index is 9.16. The number of aliphatic hydroxyl groups is 1. The molecule has 3 N–H and O–H groups in total. The van der Waals surface area contributed by atoms with Crippen molar-refractivity contribution in [1.29, 1.82) is 0 Å². The summed E-state index contributed by atoms with van der Waals surface area (Å²) in [6.45, 7) is 2.89. The minimum atomic E-state index is -0.467. The molecular formula is C12H19NO2. The lowest BCUT2D eigenvalue weighted by Gasteiger charge is -2.14. The summed E-state index contributed by atoms with van der Waals surface area (Å²) in [4.78, 5) is 0. The molecule has 0 radical (unpaired) electrons. The number of benzene rings is 1. The summed E-state index contributed by atoms with van der Waals surface area (Å²) in [5.41, 5.74) is 6.82. The minimum absolute atomic E-state index is 0.194. The fraction of sp³-hybridized carbons (Fsp3) is 0.500. The van der Waals surface area contributed by atoms with E-state index in [-0.39, 0.29) is 6.04 Å². The van der Waals surface area contributed by atoms with Gasteiger partial charge < -0.3 is 15.6 Å². The van der Waals surface area contributed by atoms with Crippen LogP contribution >= 0.6 is 0 Å². The van der Waals surface area contributed by atoms with Crippen LogP contribution in [0, 0.1) is 0 Å². The van der Waals surface area contributed by atoms with Gasteiger partial charge in [0.1, 0.15) is 0 Å². The van der Waals surface area contributed by atoms with Gasteiger partial charge in [0.2, 0.25) is 0 Å². The standard InChI is InChI=1S/C12H19NO2/c1-10(14)12(13)7-8-15-9-11-5-3-2-4-6-11/h2-6,10,12,14H,7-9,13H2,1H3/t10-,12+/m0/s1. The molecule has 0 amide bonds. The van der Waals surface area contributed by atoms with Crippen LogP contribution in [-0.2, 0) is 11.3 Å². The number of ether oxygens (including phenoxy) is 1. The Kier molecular flexibility index (Phi) is 5.32. The zero-order chi connectivity index (χ0) is 11.1. The summed E-state index contributed by atoms with van der Waals surface area (Å²) in [7, 11) is 0. The smallest absolute Gasteiger partial charge is 0.0716 e. The molecule has 1 aromatic rings. The molecule has 3 nitrogen and oxygen atoms in total. The van der Waals surface area contributed by atoms with E-state index in [0.29, 0.717) is 19.6 Å². The first kappa shape index (κ1) is 12.2. The second-order valence-corrected chi connectivity index (χ2v) is 3.73. The molecular weight excluding hydrogens is 190 g/mol. The molecule has 0 aromatic heterocycles. The molecule has 1 aromatic carbocycles. The van der Waals surface area contributed by atoms with Crippen LogP contribution in [0.25, 0.3) is 0 Å². The van der Waals surface area contributed by atoms with E-state index in [1.807, 2.05) is 30.3 Å². The Morgan fingerprint density at radius 1 is 1.33 bits per heavy atom. The second kappa shape index (κ2) is 6.56. The fourth-order valence-electron chi connectivity index (χ4n) is 1.22. The molecule has 1 rings (SSSR count). The summed E-state index contributed by atoms with van der Waals surface area (Å²) < 4.78 is 5.45. The van der Waals surface area contributed by atoms with Gasteiger partial charge in [-0.3, -0.25) is 0 Å². The van der Waals surface area contributed by atoms with Crippen LogP contribution in [0.15, 0.2) is 30.3 Å². The van der Waals surface area contributed by atoms with Crippen LogP contribution < -0.4 is 5.73 Å². The van der Waals surface area contributed by atoms with Crippen LogP contribution in [0.3, 0.4) is 0 Å². The lowest BCUT2D eigenvalue weighted by molar-refractivity contribution is 0.0913. The lowest BCUT2D eigenvalue weighted by atomic mass is 10.1. The van der Waals surface area contributed by atoms with Gasteiger partial charge in [0.05, 0.1) is 12.7 Å². The molecule has 0 aliphatic heterocycles. The third-order valence-corrected chi connectivity index (χ3v) is 2.33. The highest BCUT2D eigenvalue weighted by Crippen LogP contribution is 2.02. The SMILES string of the molecule is C[C@H](O)[C@H](N)CCOCc1ccccc1. The highest BCUT2D eigenvalue weighted by Gasteiger charge is 2.08. The van der Waals surface area contributed by atoms with E-state index in [9.17, 15) is 0 Å². The van der Waals surface area contributed by atoms with E-state index in [1.54, 1.807) is 6.92 Å². The van der Waals surface area contributed by atoms with Gasteiger partial charge in [0, 0.05) is 12.6 Å². The van der Waals surface area contributed by atoms with Crippen LogP contribution in [0.4, 0.5) is 0 Å². The highest BCUT2D eigenvalue weighted by atomic mass is 16.5. The van der Waals surface area contributed by atoms with Crippen LogP contribution in [0.5, 0.6) is 0 Å². The zero-order valence-corrected chi connectivity index (χ0v) is 9.10. The van der Waals surface area contributed by atoms with Gasteiger partial charge in [0.25, 0.3) is 0 Å². The second-order valence-electron chi connectivity index (χ2n) is 3.73. The molecule has 0 fully saturated rings. The summed E-state index contributed by atoms with van der Waals surface area (Å²) in [5, 5.41) is 9.16. The van der Waals surface area contributed by atoms with Crippen molar-refractivity contribution in [3.8, 4) is 0 Å². The molecule has 3 heteroatoms. The van der Waals surface area contributed by atoms with E-state index in [0.717, 1.165) is 5.56 Å². The molecule has 0 aliphatic rings. The van der Waals surface area contributed by atoms with Crippen molar-refractivity contribution in [3.05, 3.63) is 35.9 Å². The molecule has 2 atom stereocenters. The van der Waals surface area contributed by atoms with Crippen molar-refractivity contribution in [3.63, 3.8) is 0 Å². The first-order chi connectivity index (χ1) is 7.20. The summed E-state index contributed by atoms with van der Waals surface area (Å²) in [6, 6.07) is 9.80. The normalized spacial score (nSPS) is 14.9. The predicted molar refractivity (Wildman–Crippen MR) is 60.4 cm³/mol. The average molecular weight is 209 g/mol. The molecule has 0 saturated heterocycles. The van der Waals surface area contributed by atoms with Crippen molar-refractivity contribution >= 4 is 0 Å². The van der Waals surface area contributed by atoms with Crippen molar-refractivity contribution in [1.82, 2.24) is 0 Å². The number of hydrogen-bond donors (Lipinski definition) is 2. The number of rotatable bonds is 6. The van der Waals surface area contributed by atoms with Crippen LogP contribution in [-0.4, -0.2) is 23.9 Å². The summed E-state index contributed by atoms with van der Waals surface area (Å²) in [5.74, 6) is 0. The minimum Gasteiger partial charge on any atom is -0.392 e. The van der Waals surface area contributed by atoms with Crippen molar-refractivity contribution in [2.24, 2.45) is 5.73 Å².